The SMILES string of the molecule is O=C(C(=NO)C(=O)c1ccc(Sc2ccccc2)c2ccccc12)c1ccc(Sc2ccccc2)c2ccccc12. The summed E-state index contributed by atoms with van der Waals surface area (Å²) in [6.45, 7) is 0. The van der Waals surface area contributed by atoms with E-state index >= 15 is 0 Å². The van der Waals surface area contributed by atoms with Gasteiger partial charge in [0.25, 0.3) is 0 Å². The van der Waals surface area contributed by atoms with Crippen molar-refractivity contribution in [2.45, 2.75) is 19.6 Å². The molecule has 41 heavy (non-hydrogen) atoms. The molecule has 0 atom stereocenters. The van der Waals surface area contributed by atoms with Gasteiger partial charge in [-0.15, -0.1) is 0 Å². The largest absolute Gasteiger partial charge is 0.410 e. The third-order valence-electron chi connectivity index (χ3n) is 6.73. The van der Waals surface area contributed by atoms with Gasteiger partial charge in [-0.2, -0.15) is 0 Å². The maximum Gasteiger partial charge on any atom is 0.219 e. The molecule has 0 aliphatic rings. The van der Waals surface area contributed by atoms with Gasteiger partial charge in [0.05, 0.1) is 0 Å². The minimum absolute atomic E-state index is 0.305. The van der Waals surface area contributed by atoms with E-state index in [4.69, 9.17) is 0 Å². The van der Waals surface area contributed by atoms with Crippen LogP contribution in [-0.4, -0.2) is 22.5 Å². The Bertz CT molecular complexity index is 1800. The van der Waals surface area contributed by atoms with Crippen LogP contribution in [0.25, 0.3) is 21.5 Å². The van der Waals surface area contributed by atoms with Crippen molar-refractivity contribution in [1.29, 1.82) is 0 Å². The second-order valence-electron chi connectivity index (χ2n) is 9.25. The highest BCUT2D eigenvalue weighted by Crippen LogP contribution is 2.37. The zero-order valence-corrected chi connectivity index (χ0v) is 23.4. The number of fused-ring (bicyclic) bond motifs is 2. The maximum absolute atomic E-state index is 13.8. The summed E-state index contributed by atoms with van der Waals surface area (Å²) in [7, 11) is 0. The lowest BCUT2D eigenvalue weighted by molar-refractivity contribution is 0.101. The smallest absolute Gasteiger partial charge is 0.219 e. The lowest BCUT2D eigenvalue weighted by Gasteiger charge is -2.13. The van der Waals surface area contributed by atoms with E-state index in [1.807, 2.05) is 121 Å². The molecule has 0 unspecified atom stereocenters. The van der Waals surface area contributed by atoms with Crippen LogP contribution in [0.2, 0.25) is 0 Å². The number of carbonyl (C=O) groups is 2. The van der Waals surface area contributed by atoms with E-state index in [0.29, 0.717) is 21.9 Å². The van der Waals surface area contributed by atoms with Crippen molar-refractivity contribution in [1.82, 2.24) is 0 Å². The molecule has 0 bridgehead atoms. The molecule has 6 heteroatoms. The van der Waals surface area contributed by atoms with Crippen LogP contribution >= 0.6 is 23.5 Å². The molecule has 198 valence electrons. The number of ketones is 2. The molecule has 6 aromatic rings. The highest BCUT2D eigenvalue weighted by molar-refractivity contribution is 7.99. The van der Waals surface area contributed by atoms with Crippen molar-refractivity contribution in [3.8, 4) is 0 Å². The highest BCUT2D eigenvalue weighted by Gasteiger charge is 2.27. The van der Waals surface area contributed by atoms with Gasteiger partial charge in [-0.3, -0.25) is 9.59 Å². The Kier molecular flexibility index (Phi) is 7.67. The molecular formula is C35H23NO3S2. The van der Waals surface area contributed by atoms with Crippen molar-refractivity contribution in [3.05, 3.63) is 145 Å². The Morgan fingerprint density at radius 3 is 1.22 bits per heavy atom. The maximum atomic E-state index is 13.8. The molecule has 0 aliphatic carbocycles. The van der Waals surface area contributed by atoms with Crippen LogP contribution in [0, 0.1) is 0 Å². The summed E-state index contributed by atoms with van der Waals surface area (Å²) in [5, 5.41) is 16.3. The molecule has 0 saturated carbocycles. The van der Waals surface area contributed by atoms with Gasteiger partial charge in [0, 0.05) is 30.7 Å². The summed E-state index contributed by atoms with van der Waals surface area (Å²) in [5.41, 5.74) is 0.0895. The molecule has 0 spiro atoms. The number of carbonyl (C=O) groups excluding carboxylic acids is 2. The molecule has 0 heterocycles. The molecule has 0 amide bonds. The molecule has 1 N–H and O–H groups in total. The molecular weight excluding hydrogens is 547 g/mol. The second-order valence-corrected chi connectivity index (χ2v) is 11.5. The molecule has 0 fully saturated rings. The molecule has 0 aromatic heterocycles. The monoisotopic (exact) mass is 569 g/mol. The van der Waals surface area contributed by atoms with Gasteiger partial charge in [0.1, 0.15) is 0 Å². The van der Waals surface area contributed by atoms with Crippen molar-refractivity contribution < 1.29 is 14.8 Å². The van der Waals surface area contributed by atoms with E-state index < -0.39 is 17.3 Å². The normalized spacial score (nSPS) is 10.9. The van der Waals surface area contributed by atoms with Gasteiger partial charge >= 0.3 is 0 Å². The van der Waals surface area contributed by atoms with Gasteiger partial charge in [0.15, 0.2) is 5.71 Å². The minimum atomic E-state index is -0.628. The average Bonchev–Trinajstić information content (AvgIpc) is 3.02. The van der Waals surface area contributed by atoms with Crippen LogP contribution in [0.5, 0.6) is 0 Å². The van der Waals surface area contributed by atoms with E-state index in [2.05, 4.69) is 5.16 Å². The van der Waals surface area contributed by atoms with Crippen LogP contribution in [0.1, 0.15) is 20.7 Å². The van der Waals surface area contributed by atoms with E-state index in [9.17, 15) is 14.8 Å². The van der Waals surface area contributed by atoms with Crippen LogP contribution < -0.4 is 0 Å². The molecule has 4 nitrogen and oxygen atoms in total. The zero-order chi connectivity index (χ0) is 28.2. The van der Waals surface area contributed by atoms with Gasteiger partial charge in [-0.05, 0) is 70.1 Å². The Hall–Kier alpha value is -4.65. The first-order chi connectivity index (χ1) is 20.1. The first-order valence-electron chi connectivity index (χ1n) is 12.9. The summed E-state index contributed by atoms with van der Waals surface area (Å²) in [4.78, 5) is 31.7. The Morgan fingerprint density at radius 1 is 0.463 bits per heavy atom. The predicted octanol–water partition coefficient (Wildman–Crippen LogP) is 9.19. The van der Waals surface area contributed by atoms with Crippen LogP contribution in [0.15, 0.2) is 158 Å². The molecule has 6 rings (SSSR count). The molecule has 6 aromatic carbocycles. The molecule has 0 radical (unpaired) electrons. The van der Waals surface area contributed by atoms with Gasteiger partial charge in [0.2, 0.25) is 11.6 Å². The summed E-state index contributed by atoms with van der Waals surface area (Å²) < 4.78 is 0. The number of benzene rings is 6. The third kappa shape index (κ3) is 5.40. The standard InChI is InChI=1S/C35H23NO3S2/c37-34(29-19-21-31(27-17-9-7-15-25(27)29)40-23-11-3-1-4-12-23)33(36-39)35(38)30-20-22-32(28-18-10-8-16-26(28)30)41-24-13-5-2-6-14-24/h1-22,39H. The van der Waals surface area contributed by atoms with Crippen molar-refractivity contribution in [3.63, 3.8) is 0 Å². The second kappa shape index (κ2) is 11.8. The fraction of sp³-hybridized carbons (Fsp3) is 0. The van der Waals surface area contributed by atoms with Crippen molar-refractivity contribution in [2.24, 2.45) is 5.16 Å². The fourth-order valence-corrected chi connectivity index (χ4v) is 6.74. The number of hydrogen-bond acceptors (Lipinski definition) is 6. The first-order valence-corrected chi connectivity index (χ1v) is 14.6. The van der Waals surface area contributed by atoms with E-state index in [1.54, 1.807) is 35.7 Å². The minimum Gasteiger partial charge on any atom is -0.410 e. The first kappa shape index (κ1) is 26.6. The number of oxime groups is 1. The van der Waals surface area contributed by atoms with Crippen molar-refractivity contribution in [2.75, 3.05) is 0 Å². The quantitative estimate of drug-likeness (QED) is 0.0651. The average molecular weight is 570 g/mol. The van der Waals surface area contributed by atoms with Crippen LogP contribution in [-0.2, 0) is 0 Å². The van der Waals surface area contributed by atoms with Crippen LogP contribution in [0.3, 0.4) is 0 Å². The van der Waals surface area contributed by atoms with E-state index in [-0.39, 0.29) is 0 Å². The number of Topliss-reactive ketones (excluding diaryl/α,β-unsaturated/α-hetero) is 2. The Morgan fingerprint density at radius 2 is 0.829 bits per heavy atom. The van der Waals surface area contributed by atoms with Gasteiger partial charge in [-0.1, -0.05) is 114 Å². The van der Waals surface area contributed by atoms with E-state index in [1.165, 1.54) is 0 Å². The predicted molar refractivity (Wildman–Crippen MR) is 167 cm³/mol. The summed E-state index contributed by atoms with van der Waals surface area (Å²) in [5.74, 6) is -1.26. The lowest BCUT2D eigenvalue weighted by atomic mass is 9.93. The number of nitrogens with zero attached hydrogens (tertiary/aromatic N) is 1. The lowest BCUT2D eigenvalue weighted by Crippen LogP contribution is -2.25. The summed E-state index contributed by atoms with van der Waals surface area (Å²) >= 11 is 3.20. The topological polar surface area (TPSA) is 66.7 Å². The van der Waals surface area contributed by atoms with Crippen molar-refractivity contribution >= 4 is 62.3 Å². The highest BCUT2D eigenvalue weighted by atomic mass is 32.2. The molecule has 0 aliphatic heterocycles. The summed E-state index contributed by atoms with van der Waals surface area (Å²) in [6.07, 6.45) is 0. The van der Waals surface area contributed by atoms with Gasteiger partial charge < -0.3 is 5.21 Å². The number of rotatable bonds is 8. The fourth-order valence-electron chi connectivity index (χ4n) is 4.80. The Labute approximate surface area is 245 Å². The van der Waals surface area contributed by atoms with Crippen LogP contribution in [0.4, 0.5) is 0 Å². The number of hydrogen-bond donors (Lipinski definition) is 1. The zero-order valence-electron chi connectivity index (χ0n) is 21.7. The third-order valence-corrected chi connectivity index (χ3v) is 8.90. The van der Waals surface area contributed by atoms with E-state index in [0.717, 1.165) is 30.4 Å². The summed E-state index contributed by atoms with van der Waals surface area (Å²) in [6, 6.07) is 42.3. The molecule has 0 saturated heterocycles. The van der Waals surface area contributed by atoms with Gasteiger partial charge in [-0.25, -0.2) is 0 Å². The Balaban J connectivity index is 1.37.